The molecular formula is C15H22ClFN2O2. The molecule has 21 heavy (non-hydrogen) atoms. The normalized spacial score (nSPS) is 17.2. The summed E-state index contributed by atoms with van der Waals surface area (Å²) in [7, 11) is 0. The number of likely N-dealkylation sites (tertiary alicyclic amines) is 1. The molecule has 0 aromatic heterocycles. The van der Waals surface area contributed by atoms with Crippen molar-refractivity contribution in [3.05, 3.63) is 35.6 Å². The molecule has 1 fully saturated rings. The highest BCUT2D eigenvalue weighted by atomic mass is 35.5. The van der Waals surface area contributed by atoms with Crippen molar-refractivity contribution < 1.29 is 13.9 Å². The SMILES string of the molecule is CC(N)C(=O)N1CCC(OCc2ccccc2F)CC1.Cl. The second kappa shape index (κ2) is 8.32. The predicted octanol–water partition coefficient (Wildman–Crippen LogP) is 2.10. The average Bonchev–Trinajstić information content (AvgIpc) is 2.46. The van der Waals surface area contributed by atoms with E-state index in [-0.39, 0.29) is 36.8 Å². The fraction of sp³-hybridized carbons (Fsp3) is 0.533. The summed E-state index contributed by atoms with van der Waals surface area (Å²) in [5, 5.41) is 0. The van der Waals surface area contributed by atoms with Gasteiger partial charge in [-0.05, 0) is 25.8 Å². The summed E-state index contributed by atoms with van der Waals surface area (Å²) in [6.07, 6.45) is 1.62. The predicted molar refractivity (Wildman–Crippen MR) is 81.7 cm³/mol. The molecule has 2 N–H and O–H groups in total. The molecule has 0 radical (unpaired) electrons. The van der Waals surface area contributed by atoms with E-state index in [1.165, 1.54) is 6.07 Å². The lowest BCUT2D eigenvalue weighted by Crippen LogP contribution is -2.47. The number of ether oxygens (including phenoxy) is 1. The topological polar surface area (TPSA) is 55.6 Å². The van der Waals surface area contributed by atoms with Crippen molar-refractivity contribution in [2.75, 3.05) is 13.1 Å². The number of hydrogen-bond acceptors (Lipinski definition) is 3. The molecule has 6 heteroatoms. The van der Waals surface area contributed by atoms with E-state index >= 15 is 0 Å². The minimum absolute atomic E-state index is 0. The van der Waals surface area contributed by atoms with Gasteiger partial charge in [0, 0.05) is 18.7 Å². The summed E-state index contributed by atoms with van der Waals surface area (Å²) in [4.78, 5) is 13.5. The van der Waals surface area contributed by atoms with Crippen LogP contribution in [0.5, 0.6) is 0 Å². The number of amides is 1. The van der Waals surface area contributed by atoms with Crippen LogP contribution in [0.1, 0.15) is 25.3 Å². The zero-order valence-corrected chi connectivity index (χ0v) is 12.9. The van der Waals surface area contributed by atoms with Gasteiger partial charge in [-0.15, -0.1) is 12.4 Å². The van der Waals surface area contributed by atoms with Crippen molar-refractivity contribution in [2.45, 2.75) is 38.5 Å². The van der Waals surface area contributed by atoms with Crippen molar-refractivity contribution in [3.8, 4) is 0 Å². The number of carbonyl (C=O) groups is 1. The zero-order chi connectivity index (χ0) is 14.5. The third kappa shape index (κ3) is 4.95. The molecule has 118 valence electrons. The van der Waals surface area contributed by atoms with E-state index in [0.717, 1.165) is 12.8 Å². The Labute approximate surface area is 130 Å². The molecule has 2 rings (SSSR count). The van der Waals surface area contributed by atoms with Crippen LogP contribution in [0.4, 0.5) is 4.39 Å². The average molecular weight is 317 g/mol. The molecule has 1 heterocycles. The maximum absolute atomic E-state index is 13.5. The van der Waals surface area contributed by atoms with Gasteiger partial charge in [0.1, 0.15) is 5.82 Å². The quantitative estimate of drug-likeness (QED) is 0.925. The third-order valence-corrected chi connectivity index (χ3v) is 3.58. The molecule has 4 nitrogen and oxygen atoms in total. The standard InChI is InChI=1S/C15H21FN2O2.ClH/c1-11(17)15(19)18-8-6-13(7-9-18)20-10-12-4-2-3-5-14(12)16;/h2-5,11,13H,6-10,17H2,1H3;1H. The van der Waals surface area contributed by atoms with Crippen molar-refractivity contribution in [1.29, 1.82) is 0 Å². The van der Waals surface area contributed by atoms with E-state index < -0.39 is 6.04 Å². The minimum Gasteiger partial charge on any atom is -0.373 e. The lowest BCUT2D eigenvalue weighted by molar-refractivity contribution is -0.135. The molecule has 1 aromatic carbocycles. The van der Waals surface area contributed by atoms with Crippen LogP contribution in [0.3, 0.4) is 0 Å². The van der Waals surface area contributed by atoms with Crippen LogP contribution in [0.2, 0.25) is 0 Å². The lowest BCUT2D eigenvalue weighted by atomic mass is 10.1. The Hall–Kier alpha value is -1.17. The van der Waals surface area contributed by atoms with Gasteiger partial charge in [0.05, 0.1) is 18.8 Å². The Morgan fingerprint density at radius 2 is 2.05 bits per heavy atom. The number of nitrogens with two attached hydrogens (primary N) is 1. The van der Waals surface area contributed by atoms with Crippen LogP contribution in [0, 0.1) is 5.82 Å². The van der Waals surface area contributed by atoms with Gasteiger partial charge in [-0.2, -0.15) is 0 Å². The van der Waals surface area contributed by atoms with Crippen molar-refractivity contribution >= 4 is 18.3 Å². The number of carbonyl (C=O) groups excluding carboxylic acids is 1. The van der Waals surface area contributed by atoms with Crippen LogP contribution in [-0.4, -0.2) is 36.0 Å². The number of rotatable bonds is 4. The Bertz CT molecular complexity index is 463. The Morgan fingerprint density at radius 3 is 2.62 bits per heavy atom. The highest BCUT2D eigenvalue weighted by Crippen LogP contribution is 2.17. The van der Waals surface area contributed by atoms with Gasteiger partial charge in [0.2, 0.25) is 5.91 Å². The molecule has 0 saturated carbocycles. The molecule has 1 unspecified atom stereocenters. The van der Waals surface area contributed by atoms with Crippen molar-refractivity contribution in [3.63, 3.8) is 0 Å². The smallest absolute Gasteiger partial charge is 0.239 e. The Balaban J connectivity index is 0.00000220. The maximum atomic E-state index is 13.5. The van der Waals surface area contributed by atoms with Gasteiger partial charge in [0.15, 0.2) is 0 Å². The maximum Gasteiger partial charge on any atom is 0.239 e. The molecule has 0 bridgehead atoms. The van der Waals surface area contributed by atoms with Gasteiger partial charge >= 0.3 is 0 Å². The Morgan fingerprint density at radius 1 is 1.43 bits per heavy atom. The van der Waals surface area contributed by atoms with Crippen LogP contribution >= 0.6 is 12.4 Å². The summed E-state index contributed by atoms with van der Waals surface area (Å²) >= 11 is 0. The minimum atomic E-state index is -0.453. The number of piperidine rings is 1. The van der Waals surface area contributed by atoms with Crippen LogP contribution in [0.25, 0.3) is 0 Å². The van der Waals surface area contributed by atoms with E-state index in [2.05, 4.69) is 0 Å². The molecular weight excluding hydrogens is 295 g/mol. The Kier molecular flexibility index (Phi) is 7.08. The van der Waals surface area contributed by atoms with Gasteiger partial charge in [-0.1, -0.05) is 18.2 Å². The molecule has 0 spiro atoms. The first-order valence-electron chi connectivity index (χ1n) is 6.97. The number of hydrogen-bond donors (Lipinski definition) is 1. The summed E-state index contributed by atoms with van der Waals surface area (Å²) in [6.45, 7) is 3.28. The number of nitrogens with zero attached hydrogens (tertiary/aromatic N) is 1. The van der Waals surface area contributed by atoms with Gasteiger partial charge < -0.3 is 15.4 Å². The molecule has 1 saturated heterocycles. The third-order valence-electron chi connectivity index (χ3n) is 3.58. The molecule has 1 aliphatic heterocycles. The van der Waals surface area contributed by atoms with Crippen LogP contribution in [0.15, 0.2) is 24.3 Å². The summed E-state index contributed by atoms with van der Waals surface area (Å²) in [5.41, 5.74) is 6.16. The fourth-order valence-corrected chi connectivity index (χ4v) is 2.35. The highest BCUT2D eigenvalue weighted by molar-refractivity contribution is 5.85. The second-order valence-electron chi connectivity index (χ2n) is 5.22. The number of benzene rings is 1. The van der Waals surface area contributed by atoms with Crippen LogP contribution in [-0.2, 0) is 16.1 Å². The summed E-state index contributed by atoms with van der Waals surface area (Å²) in [5.74, 6) is -0.255. The monoisotopic (exact) mass is 316 g/mol. The van der Waals surface area contributed by atoms with Crippen molar-refractivity contribution in [2.24, 2.45) is 5.73 Å². The van der Waals surface area contributed by atoms with E-state index in [9.17, 15) is 9.18 Å². The number of halogens is 2. The first-order valence-corrected chi connectivity index (χ1v) is 6.97. The summed E-state index contributed by atoms with van der Waals surface area (Å²) < 4.78 is 19.2. The van der Waals surface area contributed by atoms with Crippen LogP contribution < -0.4 is 5.73 Å². The zero-order valence-electron chi connectivity index (χ0n) is 12.1. The van der Waals surface area contributed by atoms with Gasteiger partial charge in [-0.25, -0.2) is 4.39 Å². The molecule has 1 aliphatic rings. The first-order chi connectivity index (χ1) is 9.58. The second-order valence-corrected chi connectivity index (χ2v) is 5.22. The summed E-state index contributed by atoms with van der Waals surface area (Å²) in [6, 6.07) is 6.17. The highest BCUT2D eigenvalue weighted by Gasteiger charge is 2.24. The molecule has 1 amide bonds. The molecule has 1 aromatic rings. The molecule has 1 atom stereocenters. The lowest BCUT2D eigenvalue weighted by Gasteiger charge is -2.32. The van der Waals surface area contributed by atoms with Gasteiger partial charge in [0.25, 0.3) is 0 Å². The van der Waals surface area contributed by atoms with E-state index in [4.69, 9.17) is 10.5 Å². The fourth-order valence-electron chi connectivity index (χ4n) is 2.35. The van der Waals surface area contributed by atoms with Gasteiger partial charge in [-0.3, -0.25) is 4.79 Å². The van der Waals surface area contributed by atoms with E-state index in [1.807, 2.05) is 0 Å². The first kappa shape index (κ1) is 17.9. The van der Waals surface area contributed by atoms with E-state index in [1.54, 1.807) is 30.0 Å². The largest absolute Gasteiger partial charge is 0.373 e. The van der Waals surface area contributed by atoms with E-state index in [0.29, 0.717) is 18.7 Å². The molecule has 0 aliphatic carbocycles. The van der Waals surface area contributed by atoms with Crippen molar-refractivity contribution in [1.82, 2.24) is 4.90 Å².